The molecule has 0 aromatic carbocycles. The molecule has 0 spiro atoms. The molecule has 0 N–H and O–H groups in total. The highest BCUT2D eigenvalue weighted by Crippen LogP contribution is 2.37. The number of sulfonamides is 1. The molecule has 3 aromatic heterocycles. The van der Waals surface area contributed by atoms with Crippen LogP contribution >= 0.6 is 0 Å². The number of aryl methyl sites for hydroxylation is 2. The highest BCUT2D eigenvalue weighted by Gasteiger charge is 2.40. The van der Waals surface area contributed by atoms with Gasteiger partial charge in [0.1, 0.15) is 10.9 Å². The van der Waals surface area contributed by atoms with Crippen LogP contribution in [0.2, 0.25) is 0 Å². The molecular formula is C17H20N6O3S. The van der Waals surface area contributed by atoms with Crippen molar-refractivity contribution in [1.29, 1.82) is 0 Å². The lowest BCUT2D eigenvalue weighted by atomic mass is 10.2. The average Bonchev–Trinajstić information content (AvgIpc) is 3.41. The fraction of sp³-hybridized carbons (Fsp3) is 0.412. The summed E-state index contributed by atoms with van der Waals surface area (Å²) >= 11 is 0. The maximum absolute atomic E-state index is 13.2. The molecule has 3 aromatic rings. The Kier molecular flexibility index (Phi) is 4.52. The van der Waals surface area contributed by atoms with Gasteiger partial charge in [-0.25, -0.2) is 8.42 Å². The van der Waals surface area contributed by atoms with Gasteiger partial charge in [0.25, 0.3) is 0 Å². The number of pyridine rings is 1. The Hall–Kier alpha value is -2.59. The van der Waals surface area contributed by atoms with Crippen molar-refractivity contribution in [3.05, 3.63) is 42.3 Å². The van der Waals surface area contributed by atoms with Crippen LogP contribution in [0.4, 0.5) is 0 Å². The summed E-state index contributed by atoms with van der Waals surface area (Å²) in [5.41, 5.74) is 1.19. The zero-order valence-electron chi connectivity index (χ0n) is 15.1. The van der Waals surface area contributed by atoms with E-state index in [1.54, 1.807) is 36.3 Å². The summed E-state index contributed by atoms with van der Waals surface area (Å²) in [6, 6.07) is 3.12. The van der Waals surface area contributed by atoms with Crippen LogP contribution in [0.3, 0.4) is 0 Å². The van der Waals surface area contributed by atoms with Gasteiger partial charge in [0.2, 0.25) is 21.8 Å². The Labute approximate surface area is 157 Å². The van der Waals surface area contributed by atoms with Crippen LogP contribution in [0.15, 0.2) is 40.0 Å². The first-order chi connectivity index (χ1) is 13.0. The standard InChI is InChI=1S/C17H20N6O3S/c1-3-22-11-15(12(2)21-22)27(24,25)23-9-5-7-14(23)17-20-19-16(26-17)13-6-4-8-18-10-13/h4,6,8,10-11,14H,3,5,7,9H2,1-2H3/t14-/m1/s1. The minimum absolute atomic E-state index is 0.225. The van der Waals surface area contributed by atoms with Crippen molar-refractivity contribution in [2.24, 2.45) is 0 Å². The summed E-state index contributed by atoms with van der Waals surface area (Å²) in [4.78, 5) is 4.26. The molecule has 27 heavy (non-hydrogen) atoms. The third kappa shape index (κ3) is 3.15. The molecule has 4 rings (SSSR count). The van der Waals surface area contributed by atoms with E-state index < -0.39 is 16.1 Å². The lowest BCUT2D eigenvalue weighted by Gasteiger charge is -2.21. The molecule has 1 fully saturated rings. The minimum atomic E-state index is -3.70. The smallest absolute Gasteiger partial charge is 0.249 e. The Morgan fingerprint density at radius 2 is 2.19 bits per heavy atom. The van der Waals surface area contributed by atoms with E-state index in [1.807, 2.05) is 13.0 Å². The predicted octanol–water partition coefficient (Wildman–Crippen LogP) is 2.18. The number of aromatic nitrogens is 5. The highest BCUT2D eigenvalue weighted by atomic mass is 32.2. The predicted molar refractivity (Wildman–Crippen MR) is 96.0 cm³/mol. The first kappa shape index (κ1) is 17.8. The number of nitrogens with zero attached hydrogens (tertiary/aromatic N) is 6. The highest BCUT2D eigenvalue weighted by molar-refractivity contribution is 7.89. The van der Waals surface area contributed by atoms with Crippen molar-refractivity contribution >= 4 is 10.0 Å². The second-order valence-electron chi connectivity index (χ2n) is 6.40. The first-order valence-corrected chi connectivity index (χ1v) is 10.2. The molecular weight excluding hydrogens is 368 g/mol. The monoisotopic (exact) mass is 388 g/mol. The zero-order chi connectivity index (χ0) is 19.0. The second kappa shape index (κ2) is 6.86. The quantitative estimate of drug-likeness (QED) is 0.659. The van der Waals surface area contributed by atoms with Crippen molar-refractivity contribution in [2.45, 2.75) is 44.2 Å². The zero-order valence-corrected chi connectivity index (χ0v) is 15.9. The summed E-state index contributed by atoms with van der Waals surface area (Å²) < 4.78 is 35.3. The van der Waals surface area contributed by atoms with Crippen LogP contribution in [0.5, 0.6) is 0 Å². The summed E-state index contributed by atoms with van der Waals surface area (Å²) in [6.07, 6.45) is 6.23. The average molecular weight is 388 g/mol. The van der Waals surface area contributed by atoms with Crippen LogP contribution in [0.25, 0.3) is 11.5 Å². The maximum atomic E-state index is 13.2. The lowest BCUT2D eigenvalue weighted by Crippen LogP contribution is -2.31. The molecule has 1 atom stereocenters. The third-order valence-corrected chi connectivity index (χ3v) is 6.66. The van der Waals surface area contributed by atoms with E-state index in [4.69, 9.17) is 4.42 Å². The summed E-state index contributed by atoms with van der Waals surface area (Å²) in [6.45, 7) is 4.64. The molecule has 9 nitrogen and oxygen atoms in total. The van der Waals surface area contributed by atoms with Gasteiger partial charge in [-0.1, -0.05) is 0 Å². The van der Waals surface area contributed by atoms with E-state index in [1.165, 1.54) is 4.31 Å². The molecule has 142 valence electrons. The molecule has 0 bridgehead atoms. The van der Waals surface area contributed by atoms with Crippen LogP contribution in [0.1, 0.15) is 37.4 Å². The minimum Gasteiger partial charge on any atom is -0.419 e. The SMILES string of the molecule is CCn1cc(S(=O)(=O)N2CCC[C@@H]2c2nnc(-c3cccnc3)o2)c(C)n1. The largest absolute Gasteiger partial charge is 0.419 e. The Morgan fingerprint density at radius 1 is 1.33 bits per heavy atom. The lowest BCUT2D eigenvalue weighted by molar-refractivity contribution is 0.332. The number of hydrogen-bond acceptors (Lipinski definition) is 7. The fourth-order valence-electron chi connectivity index (χ4n) is 3.29. The molecule has 1 saturated heterocycles. The van der Waals surface area contributed by atoms with Gasteiger partial charge in [0.05, 0.1) is 11.3 Å². The van der Waals surface area contributed by atoms with Gasteiger partial charge >= 0.3 is 0 Å². The van der Waals surface area contributed by atoms with Crippen LogP contribution < -0.4 is 0 Å². The van der Waals surface area contributed by atoms with Crippen molar-refractivity contribution in [2.75, 3.05) is 6.54 Å². The van der Waals surface area contributed by atoms with E-state index in [-0.39, 0.29) is 4.90 Å². The van der Waals surface area contributed by atoms with E-state index >= 15 is 0 Å². The van der Waals surface area contributed by atoms with E-state index in [9.17, 15) is 8.42 Å². The molecule has 0 saturated carbocycles. The van der Waals surface area contributed by atoms with Gasteiger partial charge in [0.15, 0.2) is 0 Å². The molecule has 0 radical (unpaired) electrons. The Morgan fingerprint density at radius 3 is 2.89 bits per heavy atom. The molecule has 10 heteroatoms. The molecule has 0 amide bonds. The molecule has 1 aliphatic rings. The van der Waals surface area contributed by atoms with Gasteiger partial charge in [-0.3, -0.25) is 9.67 Å². The summed E-state index contributed by atoms with van der Waals surface area (Å²) in [5.74, 6) is 0.632. The first-order valence-electron chi connectivity index (χ1n) is 8.80. The Bertz CT molecular complexity index is 1040. The van der Waals surface area contributed by atoms with Crippen molar-refractivity contribution < 1.29 is 12.8 Å². The van der Waals surface area contributed by atoms with Crippen LogP contribution in [0, 0.1) is 6.92 Å². The van der Waals surface area contributed by atoms with Crippen molar-refractivity contribution in [3.63, 3.8) is 0 Å². The summed E-state index contributed by atoms with van der Waals surface area (Å²) in [7, 11) is -3.70. The Balaban J connectivity index is 1.66. The van der Waals surface area contributed by atoms with Gasteiger partial charge in [-0.15, -0.1) is 10.2 Å². The van der Waals surface area contributed by atoms with Gasteiger partial charge in [0, 0.05) is 31.7 Å². The normalized spacial score (nSPS) is 18.2. The molecule has 0 aliphatic carbocycles. The van der Waals surface area contributed by atoms with Crippen molar-refractivity contribution in [1.82, 2.24) is 29.3 Å². The molecule has 4 heterocycles. The molecule has 0 unspecified atom stereocenters. The topological polar surface area (TPSA) is 107 Å². The third-order valence-electron chi connectivity index (χ3n) is 4.65. The van der Waals surface area contributed by atoms with E-state index in [2.05, 4.69) is 20.3 Å². The van der Waals surface area contributed by atoms with Gasteiger partial charge in [-0.05, 0) is 38.8 Å². The van der Waals surface area contributed by atoms with E-state index in [0.717, 1.165) is 6.42 Å². The number of hydrogen-bond donors (Lipinski definition) is 0. The van der Waals surface area contributed by atoms with Gasteiger partial charge < -0.3 is 4.42 Å². The van der Waals surface area contributed by atoms with Crippen LogP contribution in [-0.4, -0.2) is 44.2 Å². The van der Waals surface area contributed by atoms with Gasteiger partial charge in [-0.2, -0.15) is 9.40 Å². The van der Waals surface area contributed by atoms with E-state index in [0.29, 0.717) is 42.5 Å². The van der Waals surface area contributed by atoms with Crippen LogP contribution in [-0.2, 0) is 16.6 Å². The van der Waals surface area contributed by atoms with Crippen molar-refractivity contribution in [3.8, 4) is 11.5 Å². The fourth-order valence-corrected chi connectivity index (χ4v) is 5.11. The number of rotatable bonds is 5. The molecule has 1 aliphatic heterocycles. The second-order valence-corrected chi connectivity index (χ2v) is 8.25. The summed E-state index contributed by atoms with van der Waals surface area (Å²) in [5, 5.41) is 12.4. The maximum Gasteiger partial charge on any atom is 0.249 e.